The quantitative estimate of drug-likeness (QED) is 0.741. The first kappa shape index (κ1) is 10.4. The van der Waals surface area contributed by atoms with E-state index in [2.05, 4.69) is 10.1 Å². The molecule has 0 saturated carbocycles. The van der Waals surface area contributed by atoms with Crippen LogP contribution in [0.5, 0.6) is 0 Å². The molecule has 0 aliphatic heterocycles. The zero-order chi connectivity index (χ0) is 10.7. The molecule has 0 aliphatic rings. The lowest BCUT2D eigenvalue weighted by atomic mass is 10.2. The second kappa shape index (κ2) is 4.04. The van der Waals surface area contributed by atoms with Crippen LogP contribution >= 0.6 is 0 Å². The molecule has 0 amide bonds. The molecule has 0 atom stereocenters. The topological polar surface area (TPSA) is 38.3 Å². The smallest absolute Gasteiger partial charge is 0.340 e. The van der Waals surface area contributed by atoms with Crippen LogP contribution in [0.1, 0.15) is 10.4 Å². The van der Waals surface area contributed by atoms with Crippen molar-refractivity contribution in [2.24, 2.45) is 0 Å². The van der Waals surface area contributed by atoms with Crippen LogP contribution in [0.25, 0.3) is 0 Å². The van der Waals surface area contributed by atoms with E-state index >= 15 is 0 Å². The molecule has 1 aromatic carbocycles. The molecule has 1 rings (SSSR count). The maximum atomic E-state index is 13.1. The molecule has 76 valence electrons. The van der Waals surface area contributed by atoms with E-state index in [4.69, 9.17) is 0 Å². The van der Waals surface area contributed by atoms with E-state index < -0.39 is 23.2 Å². The van der Waals surface area contributed by atoms with Gasteiger partial charge < -0.3 is 10.1 Å². The van der Waals surface area contributed by atoms with E-state index in [1.54, 1.807) is 0 Å². The molecule has 0 fully saturated rings. The van der Waals surface area contributed by atoms with Gasteiger partial charge in [-0.25, -0.2) is 13.6 Å². The molecule has 1 N–H and O–H groups in total. The summed E-state index contributed by atoms with van der Waals surface area (Å²) in [5.41, 5.74) is -0.417. The Morgan fingerprint density at radius 3 is 2.50 bits per heavy atom. The first-order valence-electron chi connectivity index (χ1n) is 3.85. The molecule has 0 bridgehead atoms. The lowest BCUT2D eigenvalue weighted by Crippen LogP contribution is -2.06. The van der Waals surface area contributed by atoms with Gasteiger partial charge in [0.15, 0.2) is 0 Å². The number of hydrogen-bond acceptors (Lipinski definition) is 3. The molecule has 0 radical (unpaired) electrons. The van der Waals surface area contributed by atoms with E-state index in [0.717, 1.165) is 19.2 Å². The van der Waals surface area contributed by atoms with Crippen molar-refractivity contribution in [1.29, 1.82) is 0 Å². The van der Waals surface area contributed by atoms with Gasteiger partial charge in [0, 0.05) is 13.1 Å². The summed E-state index contributed by atoms with van der Waals surface area (Å²) in [6, 6.07) is 1.70. The van der Waals surface area contributed by atoms with Crippen LogP contribution in [0.2, 0.25) is 0 Å². The Kier molecular flexibility index (Phi) is 3.01. The number of methoxy groups -OCH3 is 1. The first-order chi connectivity index (χ1) is 6.60. The minimum absolute atomic E-state index is 0.00449. The van der Waals surface area contributed by atoms with Crippen LogP contribution in [0.4, 0.5) is 14.5 Å². The van der Waals surface area contributed by atoms with Crippen LogP contribution in [-0.2, 0) is 4.74 Å². The van der Waals surface area contributed by atoms with E-state index in [1.807, 2.05) is 0 Å². The Morgan fingerprint density at radius 1 is 1.36 bits per heavy atom. The maximum Gasteiger partial charge on any atom is 0.340 e. The van der Waals surface area contributed by atoms with Crippen molar-refractivity contribution in [2.45, 2.75) is 0 Å². The van der Waals surface area contributed by atoms with Gasteiger partial charge in [-0.1, -0.05) is 0 Å². The maximum absolute atomic E-state index is 13.1. The molecule has 0 spiro atoms. The molecular formula is C9H9F2NO2. The number of anilines is 1. The zero-order valence-corrected chi connectivity index (χ0v) is 7.73. The monoisotopic (exact) mass is 201 g/mol. The zero-order valence-electron chi connectivity index (χ0n) is 7.73. The molecule has 0 aromatic heterocycles. The highest BCUT2D eigenvalue weighted by molar-refractivity contribution is 5.90. The second-order valence-corrected chi connectivity index (χ2v) is 2.55. The highest BCUT2D eigenvalue weighted by Gasteiger charge is 2.15. The molecule has 3 nitrogen and oxygen atoms in total. The van der Waals surface area contributed by atoms with Crippen molar-refractivity contribution in [3.63, 3.8) is 0 Å². The molecule has 1 aromatic rings. The van der Waals surface area contributed by atoms with Gasteiger partial charge in [0.25, 0.3) is 0 Å². The number of esters is 1. The highest BCUT2D eigenvalue weighted by Crippen LogP contribution is 2.19. The Labute approximate surface area is 79.7 Å². The van der Waals surface area contributed by atoms with E-state index in [9.17, 15) is 13.6 Å². The molecule has 0 heterocycles. The number of halogens is 2. The van der Waals surface area contributed by atoms with Crippen molar-refractivity contribution in [3.8, 4) is 0 Å². The van der Waals surface area contributed by atoms with Crippen molar-refractivity contribution < 1.29 is 18.3 Å². The summed E-state index contributed by atoms with van der Waals surface area (Å²) in [7, 11) is 2.56. The number of rotatable bonds is 2. The van der Waals surface area contributed by atoms with Gasteiger partial charge in [0.05, 0.1) is 18.4 Å². The largest absolute Gasteiger partial charge is 0.465 e. The summed E-state index contributed by atoms with van der Waals surface area (Å²) in [5.74, 6) is -2.42. The number of nitrogens with one attached hydrogen (secondary N) is 1. The average molecular weight is 201 g/mol. The standard InChI is InChI=1S/C9H9F2NO2/c1-12-8-4-6(10)5(3-7(8)11)9(13)14-2/h3-4,12H,1-2H3. The van der Waals surface area contributed by atoms with Crippen molar-refractivity contribution in [1.82, 2.24) is 0 Å². The van der Waals surface area contributed by atoms with Gasteiger partial charge in [-0.3, -0.25) is 0 Å². The summed E-state index contributed by atoms with van der Waals surface area (Å²) < 4.78 is 30.5. The lowest BCUT2D eigenvalue weighted by molar-refractivity contribution is 0.0595. The number of carbonyl (C=O) groups excluding carboxylic acids is 1. The molecule has 5 heteroatoms. The van der Waals surface area contributed by atoms with Gasteiger partial charge >= 0.3 is 5.97 Å². The Balaban J connectivity index is 3.21. The molecule has 0 unspecified atom stereocenters. The molecule has 14 heavy (non-hydrogen) atoms. The average Bonchev–Trinajstić information content (AvgIpc) is 2.19. The predicted octanol–water partition coefficient (Wildman–Crippen LogP) is 1.79. The fraction of sp³-hybridized carbons (Fsp3) is 0.222. The minimum atomic E-state index is -0.899. The third kappa shape index (κ3) is 1.81. The van der Waals surface area contributed by atoms with Crippen LogP contribution < -0.4 is 5.32 Å². The summed E-state index contributed by atoms with van der Waals surface area (Å²) in [6.45, 7) is 0. The molecular weight excluding hydrogens is 192 g/mol. The van der Waals surface area contributed by atoms with Crippen LogP contribution in [0.15, 0.2) is 12.1 Å². The van der Waals surface area contributed by atoms with E-state index in [-0.39, 0.29) is 5.69 Å². The number of benzene rings is 1. The predicted molar refractivity (Wildman–Crippen MR) is 47.2 cm³/mol. The second-order valence-electron chi connectivity index (χ2n) is 2.55. The highest BCUT2D eigenvalue weighted by atomic mass is 19.1. The normalized spacial score (nSPS) is 9.71. The molecule has 0 aliphatic carbocycles. The third-order valence-electron chi connectivity index (χ3n) is 1.73. The molecule has 0 saturated heterocycles. The Morgan fingerprint density at radius 2 is 2.00 bits per heavy atom. The van der Waals surface area contributed by atoms with Gasteiger partial charge in [0.2, 0.25) is 0 Å². The van der Waals surface area contributed by atoms with Crippen LogP contribution in [-0.4, -0.2) is 20.1 Å². The SMILES string of the molecule is CNc1cc(F)c(C(=O)OC)cc1F. The summed E-state index contributed by atoms with van der Waals surface area (Å²) in [4.78, 5) is 10.9. The number of hydrogen-bond donors (Lipinski definition) is 1. The van der Waals surface area contributed by atoms with Crippen molar-refractivity contribution in [2.75, 3.05) is 19.5 Å². The first-order valence-corrected chi connectivity index (χ1v) is 3.85. The summed E-state index contributed by atoms with van der Waals surface area (Å²) >= 11 is 0. The fourth-order valence-electron chi connectivity index (χ4n) is 1.00. The summed E-state index contributed by atoms with van der Waals surface area (Å²) in [6.07, 6.45) is 0. The van der Waals surface area contributed by atoms with Crippen molar-refractivity contribution >= 4 is 11.7 Å². The number of ether oxygens (including phenoxy) is 1. The Hall–Kier alpha value is -1.65. The third-order valence-corrected chi connectivity index (χ3v) is 1.73. The van der Waals surface area contributed by atoms with Crippen LogP contribution in [0.3, 0.4) is 0 Å². The Bertz CT molecular complexity index is 366. The van der Waals surface area contributed by atoms with Crippen molar-refractivity contribution in [3.05, 3.63) is 29.3 Å². The van der Waals surface area contributed by atoms with Gasteiger partial charge in [-0.05, 0) is 6.07 Å². The van der Waals surface area contributed by atoms with E-state index in [0.29, 0.717) is 0 Å². The summed E-state index contributed by atoms with van der Waals surface area (Å²) in [5, 5.41) is 2.45. The van der Waals surface area contributed by atoms with Crippen LogP contribution in [0, 0.1) is 11.6 Å². The fourth-order valence-corrected chi connectivity index (χ4v) is 1.00. The minimum Gasteiger partial charge on any atom is -0.465 e. The van der Waals surface area contributed by atoms with Gasteiger partial charge in [-0.15, -0.1) is 0 Å². The number of carbonyl (C=O) groups is 1. The lowest BCUT2D eigenvalue weighted by Gasteiger charge is -2.05. The van der Waals surface area contributed by atoms with Gasteiger partial charge in [-0.2, -0.15) is 0 Å². The van der Waals surface area contributed by atoms with E-state index in [1.165, 1.54) is 7.05 Å². The van der Waals surface area contributed by atoms with Gasteiger partial charge in [0.1, 0.15) is 11.6 Å².